The van der Waals surface area contributed by atoms with Crippen LogP contribution >= 0.6 is 0 Å². The van der Waals surface area contributed by atoms with Crippen LogP contribution in [0.2, 0.25) is 0 Å². The molecule has 0 bridgehead atoms. The first kappa shape index (κ1) is 6.94. The quantitative estimate of drug-likeness (QED) is 0.519. The van der Waals surface area contributed by atoms with Crippen LogP contribution < -0.4 is 0 Å². The predicted molar refractivity (Wildman–Crippen MR) is 26.1 cm³/mol. The lowest BCUT2D eigenvalue weighted by molar-refractivity contribution is 0.169. The summed E-state index contributed by atoms with van der Waals surface area (Å²) in [6.07, 6.45) is -0.0266. The Morgan fingerprint density at radius 3 is 2.38 bits per heavy atom. The van der Waals surface area contributed by atoms with E-state index < -0.39 is 6.09 Å². The van der Waals surface area contributed by atoms with Crippen LogP contribution in [0.25, 0.3) is 0 Å². The molecule has 0 aromatic carbocycles. The predicted octanol–water partition coefficient (Wildman–Crippen LogP) is 0.0535. The van der Waals surface area contributed by atoms with Crippen LogP contribution in [-0.2, 0) is 4.79 Å². The van der Waals surface area contributed by atoms with Gasteiger partial charge in [-0.15, -0.1) is 0 Å². The van der Waals surface area contributed by atoms with Crippen molar-refractivity contribution >= 4 is 12.5 Å². The van der Waals surface area contributed by atoms with Gasteiger partial charge in [-0.1, -0.05) is 0 Å². The van der Waals surface area contributed by atoms with Crippen LogP contribution in [0.5, 0.6) is 0 Å². The van der Waals surface area contributed by atoms with Crippen molar-refractivity contribution in [3.8, 4) is 0 Å². The van der Waals surface area contributed by atoms with Crippen LogP contribution in [0.4, 0.5) is 4.79 Å². The minimum absolute atomic E-state index is 0.152. The molecule has 0 unspecified atom stereocenters. The van der Waals surface area contributed by atoms with Gasteiger partial charge in [-0.05, 0) is 6.92 Å². The summed E-state index contributed by atoms with van der Waals surface area (Å²) >= 11 is 0. The molecule has 0 aromatic heterocycles. The Balaban J connectivity index is 3.69. The fourth-order valence-corrected chi connectivity index (χ4v) is 0.239. The summed E-state index contributed by atoms with van der Waals surface area (Å²) < 4.78 is 0. The molecule has 0 spiro atoms. The van der Waals surface area contributed by atoms with Crippen molar-refractivity contribution in [1.29, 1.82) is 0 Å². The molecular formula is C4H6NO3. The summed E-state index contributed by atoms with van der Waals surface area (Å²) in [5.41, 5.74) is 0. The van der Waals surface area contributed by atoms with Crippen molar-refractivity contribution < 1.29 is 14.7 Å². The molecule has 0 heterocycles. The molecule has 4 heteroatoms. The van der Waals surface area contributed by atoms with E-state index in [-0.39, 0.29) is 6.54 Å². The van der Waals surface area contributed by atoms with Crippen molar-refractivity contribution in [3.63, 3.8) is 0 Å². The highest BCUT2D eigenvalue weighted by Gasteiger charge is 2.05. The molecule has 0 aliphatic heterocycles. The van der Waals surface area contributed by atoms with Gasteiger partial charge in [-0.25, -0.2) is 9.69 Å². The van der Waals surface area contributed by atoms with Gasteiger partial charge in [-0.2, -0.15) is 0 Å². The lowest BCUT2D eigenvalue weighted by Gasteiger charge is -2.02. The Morgan fingerprint density at radius 1 is 1.88 bits per heavy atom. The molecule has 4 nitrogen and oxygen atoms in total. The third-order valence-corrected chi connectivity index (χ3v) is 0.657. The molecule has 0 aliphatic carbocycles. The van der Waals surface area contributed by atoms with Crippen LogP contribution in [-0.4, -0.2) is 29.1 Å². The van der Waals surface area contributed by atoms with Crippen LogP contribution in [0.15, 0.2) is 0 Å². The highest BCUT2D eigenvalue weighted by molar-refractivity contribution is 5.78. The van der Waals surface area contributed by atoms with Crippen LogP contribution in [0.3, 0.4) is 0 Å². The second-order valence-corrected chi connectivity index (χ2v) is 1.12. The number of carbonyl (C=O) groups is 1. The average Bonchev–Trinajstić information content (AvgIpc) is 1.69. The Kier molecular flexibility index (Phi) is 2.61. The minimum Gasteiger partial charge on any atom is -0.465 e. The lowest BCUT2D eigenvalue weighted by Crippen LogP contribution is -2.26. The number of hydrogen-bond acceptors (Lipinski definition) is 2. The molecule has 2 amide bonds. The SMILES string of the molecule is CCN([C]=O)C(=O)O. The van der Waals surface area contributed by atoms with Gasteiger partial charge in [-0.3, -0.25) is 4.79 Å². The van der Waals surface area contributed by atoms with E-state index >= 15 is 0 Å². The number of rotatable bonds is 2. The molecule has 0 rings (SSSR count). The molecular weight excluding hydrogens is 110 g/mol. The van der Waals surface area contributed by atoms with Crippen LogP contribution in [0, 0.1) is 0 Å². The van der Waals surface area contributed by atoms with E-state index in [1.54, 1.807) is 6.92 Å². The third kappa shape index (κ3) is 1.59. The fraction of sp³-hybridized carbons (Fsp3) is 0.500. The zero-order valence-corrected chi connectivity index (χ0v) is 4.42. The molecule has 0 aromatic rings. The number of amides is 2. The highest BCUT2D eigenvalue weighted by Crippen LogP contribution is 1.79. The standard InChI is InChI=1S/C4H6NO3/c1-2-5(3-6)4(7)8/h2H2,1H3,(H,7,8). The largest absolute Gasteiger partial charge is 0.465 e. The number of carboxylic acid groups (broad SMARTS) is 1. The van der Waals surface area contributed by atoms with E-state index in [0.29, 0.717) is 4.90 Å². The second kappa shape index (κ2) is 3.01. The maximum absolute atomic E-state index is 9.82. The van der Waals surface area contributed by atoms with Gasteiger partial charge in [0.05, 0.1) is 0 Å². The molecule has 0 saturated heterocycles. The van der Waals surface area contributed by atoms with Crippen molar-refractivity contribution in [2.45, 2.75) is 6.92 Å². The summed E-state index contributed by atoms with van der Waals surface area (Å²) in [6, 6.07) is 0. The van der Waals surface area contributed by atoms with Gasteiger partial charge >= 0.3 is 12.5 Å². The number of imide groups is 1. The summed E-state index contributed by atoms with van der Waals surface area (Å²) in [7, 11) is 0. The van der Waals surface area contributed by atoms with Gasteiger partial charge in [0.2, 0.25) is 0 Å². The first-order valence-corrected chi connectivity index (χ1v) is 2.10. The zero-order valence-electron chi connectivity index (χ0n) is 4.42. The maximum atomic E-state index is 9.82. The normalized spacial score (nSPS) is 8.12. The Labute approximate surface area is 46.7 Å². The third-order valence-electron chi connectivity index (χ3n) is 0.657. The van der Waals surface area contributed by atoms with Gasteiger partial charge in [0.1, 0.15) is 0 Å². The van der Waals surface area contributed by atoms with Crippen molar-refractivity contribution in [2.75, 3.05) is 6.54 Å². The fourth-order valence-electron chi connectivity index (χ4n) is 0.239. The van der Waals surface area contributed by atoms with Gasteiger partial charge < -0.3 is 5.11 Å². The molecule has 0 fully saturated rings. The van der Waals surface area contributed by atoms with Crippen molar-refractivity contribution in [3.05, 3.63) is 0 Å². The van der Waals surface area contributed by atoms with Crippen molar-refractivity contribution in [1.82, 2.24) is 4.90 Å². The Hall–Kier alpha value is -1.06. The first-order valence-electron chi connectivity index (χ1n) is 2.10. The summed E-state index contributed by atoms with van der Waals surface area (Å²) in [6.45, 7) is 1.71. The number of nitrogens with zero attached hydrogens (tertiary/aromatic N) is 1. The van der Waals surface area contributed by atoms with E-state index in [1.165, 1.54) is 6.41 Å². The topological polar surface area (TPSA) is 57.6 Å². The molecule has 45 valence electrons. The average molecular weight is 116 g/mol. The molecule has 0 aliphatic rings. The molecule has 0 saturated carbocycles. The van der Waals surface area contributed by atoms with E-state index in [1.807, 2.05) is 0 Å². The van der Waals surface area contributed by atoms with Gasteiger partial charge in [0.15, 0.2) is 0 Å². The van der Waals surface area contributed by atoms with Crippen LogP contribution in [0.1, 0.15) is 6.92 Å². The smallest absolute Gasteiger partial charge is 0.414 e. The summed E-state index contributed by atoms with van der Waals surface area (Å²) in [5, 5.41) is 8.04. The Morgan fingerprint density at radius 2 is 2.38 bits per heavy atom. The van der Waals surface area contributed by atoms with E-state index in [9.17, 15) is 9.59 Å². The first-order chi connectivity index (χ1) is 3.72. The molecule has 0 atom stereocenters. The van der Waals surface area contributed by atoms with E-state index in [2.05, 4.69) is 0 Å². The molecule has 8 heavy (non-hydrogen) atoms. The van der Waals surface area contributed by atoms with Crippen molar-refractivity contribution in [2.24, 2.45) is 0 Å². The van der Waals surface area contributed by atoms with Gasteiger partial charge in [0.25, 0.3) is 0 Å². The monoisotopic (exact) mass is 116 g/mol. The van der Waals surface area contributed by atoms with E-state index in [4.69, 9.17) is 5.11 Å². The highest BCUT2D eigenvalue weighted by atomic mass is 16.4. The van der Waals surface area contributed by atoms with Gasteiger partial charge in [0, 0.05) is 6.54 Å². The lowest BCUT2D eigenvalue weighted by atomic mass is 10.7. The molecule has 1 N–H and O–H groups in total. The summed E-state index contributed by atoms with van der Waals surface area (Å²) in [4.78, 5) is 20.0. The maximum Gasteiger partial charge on any atom is 0.414 e. The Bertz CT molecular complexity index is 101. The summed E-state index contributed by atoms with van der Waals surface area (Å²) in [5.74, 6) is 0. The number of carbonyl (C=O) groups excluding carboxylic acids is 1. The van der Waals surface area contributed by atoms with E-state index in [0.717, 1.165) is 0 Å². The minimum atomic E-state index is -1.26. The molecule has 1 radical (unpaired) electrons. The number of hydrogen-bond donors (Lipinski definition) is 1. The zero-order chi connectivity index (χ0) is 6.57. The second-order valence-electron chi connectivity index (χ2n) is 1.12.